The van der Waals surface area contributed by atoms with Crippen molar-refractivity contribution in [1.82, 2.24) is 4.90 Å². The molecule has 1 unspecified atom stereocenters. The number of hydrogen-bond acceptors (Lipinski definition) is 4. The van der Waals surface area contributed by atoms with Crippen LogP contribution >= 0.6 is 0 Å². The average Bonchev–Trinajstić information content (AvgIpc) is 3.00. The van der Waals surface area contributed by atoms with Gasteiger partial charge in [-0.05, 0) is 50.1 Å². The van der Waals surface area contributed by atoms with E-state index in [1.165, 1.54) is 0 Å². The van der Waals surface area contributed by atoms with Gasteiger partial charge in [0, 0.05) is 18.2 Å². The number of sulfone groups is 1. The molecule has 144 valence electrons. The van der Waals surface area contributed by atoms with Crippen LogP contribution in [0.4, 0.5) is 0 Å². The van der Waals surface area contributed by atoms with Gasteiger partial charge in [0.25, 0.3) is 5.91 Å². The van der Waals surface area contributed by atoms with Gasteiger partial charge in [-0.1, -0.05) is 30.3 Å². The van der Waals surface area contributed by atoms with Gasteiger partial charge in [-0.25, -0.2) is 8.42 Å². The van der Waals surface area contributed by atoms with E-state index in [9.17, 15) is 13.2 Å². The first-order chi connectivity index (χ1) is 12.8. The lowest BCUT2D eigenvalue weighted by Gasteiger charge is -2.28. The summed E-state index contributed by atoms with van der Waals surface area (Å²) in [6.45, 7) is 4.28. The molecule has 1 fully saturated rings. The Morgan fingerprint density at radius 2 is 1.78 bits per heavy atom. The highest BCUT2D eigenvalue weighted by molar-refractivity contribution is 7.91. The van der Waals surface area contributed by atoms with Crippen LogP contribution in [0.15, 0.2) is 54.6 Å². The van der Waals surface area contributed by atoms with Crippen molar-refractivity contribution < 1.29 is 17.9 Å². The molecule has 0 radical (unpaired) electrons. The van der Waals surface area contributed by atoms with Crippen LogP contribution in [0.1, 0.15) is 36.2 Å². The average molecular weight is 388 g/mol. The third-order valence-electron chi connectivity index (χ3n) is 4.58. The SMILES string of the molecule is CC(C)Oc1ccc(C(=O)N(Cc2ccccc2)C2CCS(=O)(=O)C2)cc1. The fourth-order valence-corrected chi connectivity index (χ4v) is 5.01. The molecule has 2 aromatic rings. The summed E-state index contributed by atoms with van der Waals surface area (Å²) in [6, 6.07) is 16.4. The van der Waals surface area contributed by atoms with Gasteiger partial charge >= 0.3 is 0 Å². The molecule has 2 aromatic carbocycles. The first-order valence-electron chi connectivity index (χ1n) is 9.16. The predicted molar refractivity (Wildman–Crippen MR) is 106 cm³/mol. The molecule has 0 aromatic heterocycles. The maximum absolute atomic E-state index is 13.2. The van der Waals surface area contributed by atoms with Gasteiger partial charge in [0.2, 0.25) is 0 Å². The molecular weight excluding hydrogens is 362 g/mol. The van der Waals surface area contributed by atoms with Crippen LogP contribution < -0.4 is 4.74 Å². The van der Waals surface area contributed by atoms with Crippen molar-refractivity contribution in [1.29, 1.82) is 0 Å². The van der Waals surface area contributed by atoms with Crippen molar-refractivity contribution in [3.63, 3.8) is 0 Å². The van der Waals surface area contributed by atoms with E-state index in [4.69, 9.17) is 4.74 Å². The van der Waals surface area contributed by atoms with E-state index < -0.39 is 9.84 Å². The van der Waals surface area contributed by atoms with Crippen LogP contribution in [0.25, 0.3) is 0 Å². The minimum Gasteiger partial charge on any atom is -0.491 e. The minimum absolute atomic E-state index is 0.0279. The highest BCUT2D eigenvalue weighted by atomic mass is 32.2. The first-order valence-corrected chi connectivity index (χ1v) is 11.0. The lowest BCUT2D eigenvalue weighted by atomic mass is 10.1. The Bertz CT molecular complexity index is 876. The first kappa shape index (κ1) is 19.4. The summed E-state index contributed by atoms with van der Waals surface area (Å²) in [6.07, 6.45) is 0.542. The summed E-state index contributed by atoms with van der Waals surface area (Å²) >= 11 is 0. The molecular formula is C21H25NO4S. The Morgan fingerprint density at radius 3 is 2.33 bits per heavy atom. The van der Waals surface area contributed by atoms with Crippen molar-refractivity contribution in [3.05, 3.63) is 65.7 Å². The molecule has 0 bridgehead atoms. The summed E-state index contributed by atoms with van der Waals surface area (Å²) in [5.74, 6) is 0.717. The fraction of sp³-hybridized carbons (Fsp3) is 0.381. The van der Waals surface area contributed by atoms with Crippen LogP contribution in [0.2, 0.25) is 0 Å². The van der Waals surface area contributed by atoms with E-state index in [1.807, 2.05) is 44.2 Å². The van der Waals surface area contributed by atoms with E-state index in [2.05, 4.69) is 0 Å². The van der Waals surface area contributed by atoms with Crippen LogP contribution in [-0.2, 0) is 16.4 Å². The summed E-state index contributed by atoms with van der Waals surface area (Å²) in [4.78, 5) is 14.9. The fourth-order valence-electron chi connectivity index (χ4n) is 3.28. The smallest absolute Gasteiger partial charge is 0.254 e. The molecule has 1 aliphatic heterocycles. The summed E-state index contributed by atoms with van der Waals surface area (Å²) in [5, 5.41) is 0. The van der Waals surface area contributed by atoms with Crippen molar-refractivity contribution in [2.75, 3.05) is 11.5 Å². The van der Waals surface area contributed by atoms with Crippen LogP contribution in [0.3, 0.4) is 0 Å². The number of carbonyl (C=O) groups excluding carboxylic acids is 1. The third-order valence-corrected chi connectivity index (χ3v) is 6.33. The number of carbonyl (C=O) groups is 1. The second-order valence-electron chi connectivity index (χ2n) is 7.17. The highest BCUT2D eigenvalue weighted by Gasteiger charge is 2.35. The number of nitrogens with zero attached hydrogens (tertiary/aromatic N) is 1. The molecule has 1 amide bonds. The molecule has 1 saturated heterocycles. The number of amides is 1. The van der Waals surface area contributed by atoms with Gasteiger partial charge < -0.3 is 9.64 Å². The van der Waals surface area contributed by atoms with Gasteiger partial charge in [-0.15, -0.1) is 0 Å². The monoisotopic (exact) mass is 387 g/mol. The van der Waals surface area contributed by atoms with Crippen molar-refractivity contribution in [2.24, 2.45) is 0 Å². The zero-order chi connectivity index (χ0) is 19.4. The van der Waals surface area contributed by atoms with E-state index in [0.29, 0.717) is 24.3 Å². The molecule has 1 heterocycles. The normalized spacial score (nSPS) is 18.4. The highest BCUT2D eigenvalue weighted by Crippen LogP contribution is 2.23. The lowest BCUT2D eigenvalue weighted by Crippen LogP contribution is -2.40. The Balaban J connectivity index is 1.84. The molecule has 6 heteroatoms. The molecule has 0 saturated carbocycles. The van der Waals surface area contributed by atoms with Crippen LogP contribution in [-0.4, -0.2) is 42.9 Å². The Hall–Kier alpha value is -2.34. The van der Waals surface area contributed by atoms with E-state index in [-0.39, 0.29) is 29.6 Å². The van der Waals surface area contributed by atoms with Crippen molar-refractivity contribution in [3.8, 4) is 5.75 Å². The van der Waals surface area contributed by atoms with Crippen LogP contribution in [0, 0.1) is 0 Å². The van der Waals surface area contributed by atoms with Crippen molar-refractivity contribution >= 4 is 15.7 Å². The van der Waals surface area contributed by atoms with E-state index in [1.54, 1.807) is 29.2 Å². The van der Waals surface area contributed by atoms with Gasteiger partial charge in [0.1, 0.15) is 5.75 Å². The number of rotatable bonds is 6. The second kappa shape index (κ2) is 8.13. The maximum Gasteiger partial charge on any atom is 0.254 e. The third kappa shape index (κ3) is 5.10. The number of ether oxygens (including phenoxy) is 1. The Kier molecular flexibility index (Phi) is 5.85. The largest absolute Gasteiger partial charge is 0.491 e. The Morgan fingerprint density at radius 1 is 1.11 bits per heavy atom. The van der Waals surface area contributed by atoms with Gasteiger partial charge in [0.05, 0.1) is 17.6 Å². The van der Waals surface area contributed by atoms with Crippen LogP contribution in [0.5, 0.6) is 5.75 Å². The molecule has 0 spiro atoms. The predicted octanol–water partition coefficient (Wildman–Crippen LogP) is 3.30. The molecule has 3 rings (SSSR count). The maximum atomic E-state index is 13.2. The topological polar surface area (TPSA) is 63.7 Å². The van der Waals surface area contributed by atoms with Gasteiger partial charge in [-0.3, -0.25) is 4.79 Å². The van der Waals surface area contributed by atoms with Gasteiger partial charge in [0.15, 0.2) is 9.84 Å². The van der Waals surface area contributed by atoms with Crippen molar-refractivity contribution in [2.45, 2.75) is 39.0 Å². The molecule has 5 nitrogen and oxygen atoms in total. The lowest BCUT2D eigenvalue weighted by molar-refractivity contribution is 0.0681. The quantitative estimate of drug-likeness (QED) is 0.763. The molecule has 27 heavy (non-hydrogen) atoms. The zero-order valence-electron chi connectivity index (χ0n) is 15.7. The molecule has 1 atom stereocenters. The molecule has 0 N–H and O–H groups in total. The molecule has 0 aliphatic carbocycles. The zero-order valence-corrected chi connectivity index (χ0v) is 16.5. The van der Waals surface area contributed by atoms with Gasteiger partial charge in [-0.2, -0.15) is 0 Å². The second-order valence-corrected chi connectivity index (χ2v) is 9.40. The summed E-state index contributed by atoms with van der Waals surface area (Å²) in [7, 11) is -3.08. The molecule has 1 aliphatic rings. The Labute approximate surface area is 160 Å². The number of hydrogen-bond donors (Lipinski definition) is 0. The van der Waals surface area contributed by atoms with E-state index >= 15 is 0 Å². The summed E-state index contributed by atoms with van der Waals surface area (Å²) < 4.78 is 29.5. The number of benzene rings is 2. The van der Waals surface area contributed by atoms with E-state index in [0.717, 1.165) is 5.56 Å². The summed E-state index contributed by atoms with van der Waals surface area (Å²) in [5.41, 5.74) is 1.52. The minimum atomic E-state index is -3.08. The standard InChI is InChI=1S/C21H25NO4S/c1-16(2)26-20-10-8-18(9-11-20)21(23)22(14-17-6-4-3-5-7-17)19-12-13-27(24,25)15-19/h3-11,16,19H,12-15H2,1-2H3.